The number of nitriles is 1. The lowest BCUT2D eigenvalue weighted by atomic mass is 9.90. The summed E-state index contributed by atoms with van der Waals surface area (Å²) in [6, 6.07) is 8.72. The standard InChI is InChI=1S/C21H18F6N4O.2H2S/c22-20(23,24)17-9-16(10-18(31-17)21(25,26)27)29-14-4-6-15(7-5-14)30-19(32)13-3-1-2-12(8-13)11-28;;/h1-3,8-10,14-15H,4-7H2,(H,29,31)(H,30,32);2*1H2. The first-order valence-electron chi connectivity index (χ1n) is 9.70. The lowest BCUT2D eigenvalue weighted by molar-refractivity contribution is -0.150. The zero-order chi connectivity index (χ0) is 23.5. The molecule has 5 nitrogen and oxygen atoms in total. The van der Waals surface area contributed by atoms with Crippen LogP contribution in [0.3, 0.4) is 0 Å². The topological polar surface area (TPSA) is 77.8 Å². The molecule has 13 heteroatoms. The predicted molar refractivity (Wildman–Crippen MR) is 123 cm³/mol. The predicted octanol–water partition coefficient (Wildman–Crippen LogP) is 5.37. The molecule has 0 radical (unpaired) electrons. The molecule has 1 fully saturated rings. The molecule has 1 aromatic heterocycles. The minimum absolute atomic E-state index is 0. The van der Waals surface area contributed by atoms with E-state index in [0.717, 1.165) is 0 Å². The fourth-order valence-electron chi connectivity index (χ4n) is 3.52. The lowest BCUT2D eigenvalue weighted by Gasteiger charge is -2.30. The Morgan fingerprint density at radius 3 is 1.94 bits per heavy atom. The Morgan fingerprint density at radius 2 is 1.44 bits per heavy atom. The summed E-state index contributed by atoms with van der Waals surface area (Å²) < 4.78 is 77.8. The number of amides is 1. The Kier molecular flexibility index (Phi) is 10.1. The van der Waals surface area contributed by atoms with Gasteiger partial charge in [-0.25, -0.2) is 4.98 Å². The number of carbonyl (C=O) groups excluding carboxylic acids is 1. The number of alkyl halides is 6. The zero-order valence-electron chi connectivity index (χ0n) is 17.5. The van der Waals surface area contributed by atoms with E-state index < -0.39 is 23.7 Å². The highest BCUT2D eigenvalue weighted by molar-refractivity contribution is 7.59. The molecule has 0 bridgehead atoms. The molecular formula is C21H22F6N4OS2. The number of hydrogen-bond acceptors (Lipinski definition) is 4. The van der Waals surface area contributed by atoms with Gasteiger partial charge in [-0.2, -0.15) is 58.6 Å². The average Bonchev–Trinajstić information content (AvgIpc) is 2.73. The quantitative estimate of drug-likeness (QED) is 0.528. The van der Waals surface area contributed by atoms with E-state index in [2.05, 4.69) is 15.6 Å². The fourth-order valence-corrected chi connectivity index (χ4v) is 3.52. The third-order valence-electron chi connectivity index (χ3n) is 5.09. The number of nitrogens with zero attached hydrogens (tertiary/aromatic N) is 2. The summed E-state index contributed by atoms with van der Waals surface area (Å²) in [6.45, 7) is 0. The second kappa shape index (κ2) is 11.7. The van der Waals surface area contributed by atoms with E-state index >= 15 is 0 Å². The molecule has 1 saturated carbocycles. The van der Waals surface area contributed by atoms with E-state index in [1.165, 1.54) is 6.07 Å². The Hall–Kier alpha value is -2.59. The summed E-state index contributed by atoms with van der Waals surface area (Å²) in [7, 11) is 0. The highest BCUT2D eigenvalue weighted by atomic mass is 32.1. The lowest BCUT2D eigenvalue weighted by Crippen LogP contribution is -2.40. The normalized spacial score (nSPS) is 18.0. The third kappa shape index (κ3) is 7.73. The van der Waals surface area contributed by atoms with Crippen molar-refractivity contribution >= 4 is 38.6 Å². The molecule has 0 aliphatic heterocycles. The van der Waals surface area contributed by atoms with Crippen LogP contribution in [-0.4, -0.2) is 23.0 Å². The minimum Gasteiger partial charge on any atom is -0.382 e. The van der Waals surface area contributed by atoms with Gasteiger partial charge in [0.25, 0.3) is 5.91 Å². The van der Waals surface area contributed by atoms with Crippen molar-refractivity contribution in [3.05, 3.63) is 58.9 Å². The van der Waals surface area contributed by atoms with Crippen LogP contribution in [-0.2, 0) is 12.4 Å². The molecule has 0 unspecified atom stereocenters. The van der Waals surface area contributed by atoms with Crippen LogP contribution in [0.5, 0.6) is 0 Å². The summed E-state index contributed by atoms with van der Waals surface area (Å²) in [5.41, 5.74) is -2.86. The molecule has 1 aliphatic rings. The van der Waals surface area contributed by atoms with Crippen molar-refractivity contribution in [2.75, 3.05) is 5.32 Å². The number of nitrogens with one attached hydrogen (secondary N) is 2. The van der Waals surface area contributed by atoms with Gasteiger partial charge in [0.2, 0.25) is 0 Å². The second-order valence-corrected chi connectivity index (χ2v) is 7.48. The van der Waals surface area contributed by atoms with Gasteiger partial charge in [-0.05, 0) is 56.0 Å². The SMILES string of the molecule is N#Cc1cccc(C(=O)NC2CCC(Nc3cc(C(F)(F)F)nc(C(F)(F)F)c3)CC2)c1.S.S. The summed E-state index contributed by atoms with van der Waals surface area (Å²) in [5, 5.41) is 14.5. The molecule has 0 spiro atoms. The maximum atomic E-state index is 13.0. The van der Waals surface area contributed by atoms with Crippen LogP contribution in [0.25, 0.3) is 0 Å². The van der Waals surface area contributed by atoms with Crippen molar-refractivity contribution in [3.8, 4) is 6.07 Å². The molecule has 186 valence electrons. The van der Waals surface area contributed by atoms with Gasteiger partial charge in [0.1, 0.15) is 11.4 Å². The maximum Gasteiger partial charge on any atom is 0.433 e. The van der Waals surface area contributed by atoms with Gasteiger partial charge < -0.3 is 10.6 Å². The van der Waals surface area contributed by atoms with Crippen molar-refractivity contribution in [3.63, 3.8) is 0 Å². The second-order valence-electron chi connectivity index (χ2n) is 7.48. The Balaban J connectivity index is 0.00000289. The van der Waals surface area contributed by atoms with Crippen molar-refractivity contribution in [1.82, 2.24) is 10.3 Å². The van der Waals surface area contributed by atoms with Crippen LogP contribution in [0.15, 0.2) is 36.4 Å². The first kappa shape index (κ1) is 29.4. The fraction of sp³-hybridized carbons (Fsp3) is 0.381. The number of hydrogen-bond donors (Lipinski definition) is 2. The Bertz CT molecular complexity index is 999. The van der Waals surface area contributed by atoms with Crippen LogP contribution < -0.4 is 10.6 Å². The highest BCUT2D eigenvalue weighted by Crippen LogP contribution is 2.35. The Labute approximate surface area is 205 Å². The first-order chi connectivity index (χ1) is 15.0. The molecular weight excluding hydrogens is 502 g/mol. The van der Waals surface area contributed by atoms with Gasteiger partial charge in [-0.3, -0.25) is 4.79 Å². The number of carbonyl (C=O) groups is 1. The molecule has 1 amide bonds. The summed E-state index contributed by atoms with van der Waals surface area (Å²) in [4.78, 5) is 15.1. The maximum absolute atomic E-state index is 13.0. The van der Waals surface area contributed by atoms with Crippen molar-refractivity contribution in [1.29, 1.82) is 5.26 Å². The molecule has 3 rings (SSSR count). The summed E-state index contributed by atoms with van der Waals surface area (Å²) in [5.74, 6) is -0.350. The number of rotatable bonds is 4. The molecule has 1 heterocycles. The molecule has 2 aromatic rings. The minimum atomic E-state index is -5.01. The molecule has 1 aliphatic carbocycles. The van der Waals surface area contributed by atoms with Gasteiger partial charge in [0.15, 0.2) is 0 Å². The van der Waals surface area contributed by atoms with Gasteiger partial charge in [-0.15, -0.1) is 0 Å². The van der Waals surface area contributed by atoms with E-state index in [1.807, 2.05) is 6.07 Å². The van der Waals surface area contributed by atoms with E-state index in [-0.39, 0.29) is 50.7 Å². The van der Waals surface area contributed by atoms with Crippen molar-refractivity contribution < 1.29 is 31.1 Å². The number of aromatic nitrogens is 1. The van der Waals surface area contributed by atoms with Gasteiger partial charge in [0.05, 0.1) is 11.6 Å². The summed E-state index contributed by atoms with van der Waals surface area (Å²) in [6.07, 6.45) is -8.16. The van der Waals surface area contributed by atoms with E-state index in [4.69, 9.17) is 5.26 Å². The monoisotopic (exact) mass is 524 g/mol. The van der Waals surface area contributed by atoms with Crippen LogP contribution in [0.1, 0.15) is 53.0 Å². The first-order valence-corrected chi connectivity index (χ1v) is 9.70. The zero-order valence-corrected chi connectivity index (χ0v) is 19.5. The van der Waals surface area contributed by atoms with Crippen molar-refractivity contribution in [2.45, 2.75) is 50.1 Å². The number of anilines is 1. The van der Waals surface area contributed by atoms with Crippen LogP contribution >= 0.6 is 27.0 Å². The van der Waals surface area contributed by atoms with Crippen LogP contribution in [0.4, 0.5) is 32.0 Å². The molecule has 0 atom stereocenters. The molecule has 2 N–H and O–H groups in total. The molecule has 0 saturated heterocycles. The van der Waals surface area contributed by atoms with Gasteiger partial charge in [-0.1, -0.05) is 6.07 Å². The summed E-state index contributed by atoms with van der Waals surface area (Å²) >= 11 is 0. The average molecular weight is 525 g/mol. The van der Waals surface area contributed by atoms with Crippen LogP contribution in [0.2, 0.25) is 0 Å². The van der Waals surface area contributed by atoms with Crippen molar-refractivity contribution in [2.24, 2.45) is 0 Å². The smallest absolute Gasteiger partial charge is 0.382 e. The van der Waals surface area contributed by atoms with E-state index in [9.17, 15) is 31.1 Å². The molecule has 34 heavy (non-hydrogen) atoms. The van der Waals surface area contributed by atoms with E-state index in [1.54, 1.807) is 18.2 Å². The van der Waals surface area contributed by atoms with Crippen LogP contribution in [0, 0.1) is 11.3 Å². The Morgan fingerprint density at radius 1 is 0.912 bits per heavy atom. The number of halogens is 6. The third-order valence-corrected chi connectivity index (χ3v) is 5.09. The van der Waals surface area contributed by atoms with Gasteiger partial charge in [0, 0.05) is 23.3 Å². The highest BCUT2D eigenvalue weighted by Gasteiger charge is 2.39. The number of benzene rings is 1. The number of pyridine rings is 1. The largest absolute Gasteiger partial charge is 0.433 e. The van der Waals surface area contributed by atoms with E-state index in [0.29, 0.717) is 48.9 Å². The van der Waals surface area contributed by atoms with Gasteiger partial charge >= 0.3 is 12.4 Å². The molecule has 1 aromatic carbocycles.